The zero-order chi connectivity index (χ0) is 21.3. The summed E-state index contributed by atoms with van der Waals surface area (Å²) in [6, 6.07) is 7.67. The van der Waals surface area contributed by atoms with Crippen molar-refractivity contribution in [2.45, 2.75) is 26.1 Å². The van der Waals surface area contributed by atoms with Crippen LogP contribution in [0.5, 0.6) is 5.75 Å². The Morgan fingerprint density at radius 1 is 1.17 bits per heavy atom. The molecule has 0 bridgehead atoms. The maximum atomic E-state index is 12.9. The molecular weight excluding hydrogens is 389 g/mol. The lowest BCUT2D eigenvalue weighted by molar-refractivity contribution is -0.137. The summed E-state index contributed by atoms with van der Waals surface area (Å²) in [5, 5.41) is 2.40. The lowest BCUT2D eigenvalue weighted by Crippen LogP contribution is -2.49. The van der Waals surface area contributed by atoms with E-state index in [1.807, 2.05) is 0 Å². The van der Waals surface area contributed by atoms with Gasteiger partial charge in [-0.2, -0.15) is 13.2 Å². The summed E-state index contributed by atoms with van der Waals surface area (Å²) >= 11 is 0. The number of carbonyl (C=O) groups is 3. The van der Waals surface area contributed by atoms with Crippen molar-refractivity contribution in [3.63, 3.8) is 0 Å². The summed E-state index contributed by atoms with van der Waals surface area (Å²) in [5.74, 6) is -1.09. The van der Waals surface area contributed by atoms with Crippen LogP contribution >= 0.6 is 0 Å². The smallest absolute Gasteiger partial charge is 0.416 e. The fraction of sp³-hybridized carbons (Fsp3) is 0.250. The van der Waals surface area contributed by atoms with Crippen molar-refractivity contribution < 1.29 is 32.3 Å². The molecule has 1 aliphatic heterocycles. The number of rotatable bonds is 4. The third kappa shape index (κ3) is 4.23. The highest BCUT2D eigenvalue weighted by atomic mass is 19.4. The van der Waals surface area contributed by atoms with Gasteiger partial charge in [0.25, 0.3) is 5.91 Å². The van der Waals surface area contributed by atoms with Crippen molar-refractivity contribution >= 4 is 29.0 Å². The number of nitrogens with zero attached hydrogens (tertiary/aromatic N) is 1. The summed E-state index contributed by atoms with van der Waals surface area (Å²) in [5.41, 5.74) is -0.366. The Morgan fingerprint density at radius 3 is 2.55 bits per heavy atom. The number of ether oxygens (including phenoxy) is 1. The van der Waals surface area contributed by atoms with Gasteiger partial charge in [0.2, 0.25) is 5.91 Å². The van der Waals surface area contributed by atoms with Gasteiger partial charge < -0.3 is 10.1 Å². The molecule has 9 heteroatoms. The van der Waals surface area contributed by atoms with Gasteiger partial charge in [-0.05, 0) is 50.2 Å². The van der Waals surface area contributed by atoms with E-state index in [0.717, 1.165) is 12.1 Å². The first kappa shape index (κ1) is 20.4. The molecule has 6 nitrogen and oxygen atoms in total. The molecule has 0 aliphatic carbocycles. The second-order valence-corrected chi connectivity index (χ2v) is 6.53. The maximum Gasteiger partial charge on any atom is 0.416 e. The molecule has 1 unspecified atom stereocenters. The van der Waals surface area contributed by atoms with E-state index in [-0.39, 0.29) is 23.8 Å². The maximum absolute atomic E-state index is 12.9. The van der Waals surface area contributed by atoms with Crippen molar-refractivity contribution in [2.24, 2.45) is 0 Å². The van der Waals surface area contributed by atoms with E-state index in [1.165, 1.54) is 43.0 Å². The molecule has 2 amide bonds. The first-order valence-electron chi connectivity index (χ1n) is 8.66. The predicted molar refractivity (Wildman–Crippen MR) is 99.0 cm³/mol. The van der Waals surface area contributed by atoms with Gasteiger partial charge in [0.1, 0.15) is 11.8 Å². The number of carbonyl (C=O) groups excluding carboxylic acids is 3. The van der Waals surface area contributed by atoms with E-state index in [9.17, 15) is 27.6 Å². The van der Waals surface area contributed by atoms with Gasteiger partial charge in [-0.25, -0.2) is 0 Å². The van der Waals surface area contributed by atoms with Crippen LogP contribution < -0.4 is 15.0 Å². The first-order valence-corrected chi connectivity index (χ1v) is 8.66. The minimum atomic E-state index is -4.55. The standard InChI is InChI=1S/C20H17F3N2O4/c1-11(19(28)24-15-5-3-4-14(9-15)20(21,22)23)25-16-8-13(12(2)26)6-7-17(16)29-10-18(25)27/h3-9,11H,10H2,1-2H3,(H,24,28). The Bertz CT molecular complexity index is 988. The van der Waals surface area contributed by atoms with E-state index in [1.54, 1.807) is 6.07 Å². The Kier molecular flexibility index (Phi) is 5.32. The van der Waals surface area contributed by atoms with E-state index < -0.39 is 29.6 Å². The highest BCUT2D eigenvalue weighted by Gasteiger charge is 2.34. The molecule has 2 aromatic carbocycles. The Morgan fingerprint density at radius 2 is 1.90 bits per heavy atom. The summed E-state index contributed by atoms with van der Waals surface area (Å²) in [6.07, 6.45) is -4.55. The largest absolute Gasteiger partial charge is 0.482 e. The van der Waals surface area contributed by atoms with Gasteiger partial charge >= 0.3 is 6.18 Å². The number of hydrogen-bond acceptors (Lipinski definition) is 4. The molecule has 0 saturated carbocycles. The first-order chi connectivity index (χ1) is 13.6. The molecule has 0 aromatic heterocycles. The topological polar surface area (TPSA) is 75.7 Å². The number of hydrogen-bond donors (Lipinski definition) is 1. The number of amides is 2. The summed E-state index contributed by atoms with van der Waals surface area (Å²) < 4.78 is 43.9. The molecule has 0 saturated heterocycles. The fourth-order valence-electron chi connectivity index (χ4n) is 2.95. The van der Waals surface area contributed by atoms with E-state index in [2.05, 4.69) is 5.32 Å². The Hall–Kier alpha value is -3.36. The number of alkyl halides is 3. The van der Waals surface area contributed by atoms with Crippen molar-refractivity contribution in [3.05, 3.63) is 53.6 Å². The third-order valence-electron chi connectivity index (χ3n) is 4.47. The molecule has 1 heterocycles. The molecule has 1 aliphatic rings. The van der Waals surface area contributed by atoms with E-state index in [0.29, 0.717) is 11.3 Å². The lowest BCUT2D eigenvalue weighted by atomic mass is 10.1. The van der Waals surface area contributed by atoms with Crippen LogP contribution in [-0.2, 0) is 15.8 Å². The van der Waals surface area contributed by atoms with Crippen LogP contribution in [0.2, 0.25) is 0 Å². The Labute approximate surface area is 164 Å². The van der Waals surface area contributed by atoms with Crippen LogP contribution in [0.4, 0.5) is 24.5 Å². The summed E-state index contributed by atoms with van der Waals surface area (Å²) in [6.45, 7) is 2.51. The number of halogens is 3. The SMILES string of the molecule is CC(=O)c1ccc2c(c1)N(C(C)C(=O)Nc1cccc(C(F)(F)F)c1)C(=O)CO2. The van der Waals surface area contributed by atoms with Gasteiger partial charge in [0.05, 0.1) is 11.3 Å². The van der Waals surface area contributed by atoms with Gasteiger partial charge in [0, 0.05) is 11.3 Å². The van der Waals surface area contributed by atoms with Gasteiger partial charge in [-0.15, -0.1) is 0 Å². The minimum Gasteiger partial charge on any atom is -0.482 e. The normalized spacial score (nSPS) is 14.7. The summed E-state index contributed by atoms with van der Waals surface area (Å²) in [7, 11) is 0. The van der Waals surface area contributed by atoms with Crippen LogP contribution in [0, 0.1) is 0 Å². The Balaban J connectivity index is 1.88. The molecule has 3 rings (SSSR count). The number of anilines is 2. The van der Waals surface area contributed by atoms with Crippen molar-refractivity contribution in [3.8, 4) is 5.75 Å². The average molecular weight is 406 g/mol. The van der Waals surface area contributed by atoms with Crippen LogP contribution in [0.15, 0.2) is 42.5 Å². The minimum absolute atomic E-state index is 0.0462. The monoisotopic (exact) mass is 406 g/mol. The predicted octanol–water partition coefficient (Wildman–Crippen LogP) is 3.66. The van der Waals surface area contributed by atoms with Crippen molar-refractivity contribution in [2.75, 3.05) is 16.8 Å². The number of ketones is 1. The molecule has 2 aromatic rings. The molecule has 1 N–H and O–H groups in total. The van der Waals surface area contributed by atoms with Gasteiger partial charge in [-0.3, -0.25) is 19.3 Å². The van der Waals surface area contributed by atoms with Crippen LogP contribution in [0.1, 0.15) is 29.8 Å². The van der Waals surface area contributed by atoms with Crippen LogP contribution in [0.25, 0.3) is 0 Å². The van der Waals surface area contributed by atoms with Crippen LogP contribution in [0.3, 0.4) is 0 Å². The number of Topliss-reactive ketones (excluding diaryl/α,β-unsaturated/α-hetero) is 1. The molecule has 0 radical (unpaired) electrons. The quantitative estimate of drug-likeness (QED) is 0.787. The summed E-state index contributed by atoms with van der Waals surface area (Å²) in [4.78, 5) is 37.9. The second kappa shape index (κ2) is 7.57. The van der Waals surface area contributed by atoms with E-state index >= 15 is 0 Å². The molecule has 1 atom stereocenters. The fourth-order valence-corrected chi connectivity index (χ4v) is 2.95. The zero-order valence-corrected chi connectivity index (χ0v) is 15.5. The highest BCUT2D eigenvalue weighted by Crippen LogP contribution is 2.35. The zero-order valence-electron chi connectivity index (χ0n) is 15.5. The van der Waals surface area contributed by atoms with Crippen LogP contribution in [-0.4, -0.2) is 30.2 Å². The molecule has 152 valence electrons. The molecule has 0 spiro atoms. The van der Waals surface area contributed by atoms with Gasteiger partial charge in [-0.1, -0.05) is 6.07 Å². The third-order valence-corrected chi connectivity index (χ3v) is 4.47. The van der Waals surface area contributed by atoms with Gasteiger partial charge in [0.15, 0.2) is 12.4 Å². The highest BCUT2D eigenvalue weighted by molar-refractivity contribution is 6.07. The molecular formula is C20H17F3N2O4. The lowest BCUT2D eigenvalue weighted by Gasteiger charge is -2.33. The van der Waals surface area contributed by atoms with Crippen molar-refractivity contribution in [1.29, 1.82) is 0 Å². The van der Waals surface area contributed by atoms with Crippen molar-refractivity contribution in [1.82, 2.24) is 0 Å². The molecule has 0 fully saturated rings. The number of benzene rings is 2. The number of nitrogens with one attached hydrogen (secondary N) is 1. The number of fused-ring (bicyclic) bond motifs is 1. The second-order valence-electron chi connectivity index (χ2n) is 6.53. The molecule has 29 heavy (non-hydrogen) atoms. The average Bonchev–Trinajstić information content (AvgIpc) is 2.66. The van der Waals surface area contributed by atoms with E-state index in [4.69, 9.17) is 4.74 Å².